The third-order valence-corrected chi connectivity index (χ3v) is 16.0. The van der Waals surface area contributed by atoms with E-state index in [-0.39, 0.29) is 80.3 Å². The van der Waals surface area contributed by atoms with Crippen LogP contribution in [0.25, 0.3) is 10.9 Å². The standard InChI is InChI=1S/C48H61N3O10S/c1-4-32-26-48(32,47(56)50-62(57,58)34-21-22-34)27-40(52)39-24-33-28-51(39)46(55)37(30-13-8-9-14-30)25-43(54)60-41-20-12-16-31(41)15-6-5-7-18-36-44(61-42(53)23-29(2)3)35-17-10-11-19-38(35)49-45(36)59-33/h4-5,7,10-11,17,19,29-34,37,39,41H,1,6,8-9,12-16,18,20-28H2,2-3H3,(H,50,56)/b7-5+/t31-,32-,33-,37+,39+,41-,48-/m1/s1. The molecule has 62 heavy (non-hydrogen) atoms. The Morgan fingerprint density at radius 2 is 1.76 bits per heavy atom. The van der Waals surface area contributed by atoms with E-state index in [1.165, 1.54) is 4.90 Å². The van der Waals surface area contributed by atoms with Gasteiger partial charge in [0.25, 0.3) is 0 Å². The summed E-state index contributed by atoms with van der Waals surface area (Å²) in [5.41, 5.74) is -0.197. The van der Waals surface area contributed by atoms with Crippen LogP contribution in [0.4, 0.5) is 0 Å². The third kappa shape index (κ3) is 9.50. The summed E-state index contributed by atoms with van der Waals surface area (Å²) in [4.78, 5) is 77.3. The van der Waals surface area contributed by atoms with Crippen LogP contribution in [0.2, 0.25) is 0 Å². The molecule has 0 unspecified atom stereocenters. The number of amides is 2. The van der Waals surface area contributed by atoms with E-state index in [2.05, 4.69) is 17.4 Å². The number of rotatable bonds is 11. The highest BCUT2D eigenvalue weighted by molar-refractivity contribution is 7.90. The molecule has 2 bridgehead atoms. The normalized spacial score (nSPS) is 30.1. The Hall–Kier alpha value is -4.59. The molecule has 2 aliphatic heterocycles. The van der Waals surface area contributed by atoms with E-state index in [9.17, 15) is 27.6 Å². The number of para-hydroxylation sites is 1. The summed E-state index contributed by atoms with van der Waals surface area (Å²) in [6.07, 6.45) is 13.8. The average molecular weight is 872 g/mol. The number of hydrogen-bond acceptors (Lipinski definition) is 11. The van der Waals surface area contributed by atoms with E-state index in [1.807, 2.05) is 44.2 Å². The molecule has 2 amide bonds. The van der Waals surface area contributed by atoms with Crippen LogP contribution < -0.4 is 14.2 Å². The van der Waals surface area contributed by atoms with Crippen molar-refractivity contribution in [1.82, 2.24) is 14.6 Å². The van der Waals surface area contributed by atoms with Gasteiger partial charge < -0.3 is 19.1 Å². The molecule has 2 aromatic rings. The first-order chi connectivity index (χ1) is 29.8. The average Bonchev–Trinajstić information content (AvgIpc) is 4.02. The molecular formula is C48H61N3O10S. The van der Waals surface area contributed by atoms with Gasteiger partial charge in [-0.1, -0.05) is 57.0 Å². The minimum absolute atomic E-state index is 0.00457. The number of carbonyl (C=O) groups excluding carboxylic acids is 5. The molecule has 8 rings (SSSR count). The van der Waals surface area contributed by atoms with Gasteiger partial charge in [-0.3, -0.25) is 28.7 Å². The zero-order chi connectivity index (χ0) is 43.8. The van der Waals surface area contributed by atoms with Crippen molar-refractivity contribution >= 4 is 50.5 Å². The van der Waals surface area contributed by atoms with E-state index >= 15 is 4.79 Å². The Labute approximate surface area is 364 Å². The van der Waals surface area contributed by atoms with Gasteiger partial charge in [-0.25, -0.2) is 13.4 Å². The number of ketones is 1. The lowest BCUT2D eigenvalue weighted by molar-refractivity contribution is -0.156. The van der Waals surface area contributed by atoms with Gasteiger partial charge in [0, 0.05) is 24.6 Å². The minimum atomic E-state index is -3.88. The van der Waals surface area contributed by atoms with Crippen molar-refractivity contribution in [3.63, 3.8) is 0 Å². The first kappa shape index (κ1) is 44.0. The molecule has 1 saturated heterocycles. The number of benzene rings is 1. The predicted octanol–water partition coefficient (Wildman–Crippen LogP) is 7.10. The molecule has 0 radical (unpaired) electrons. The maximum absolute atomic E-state index is 15.1. The SMILES string of the molecule is C=C[C@@H]1C[C@]1(CC(=O)[C@@H]1C[C@@H]2CN1C(=O)[C@H](C1CCCC1)CC(=O)O[C@@H]1CCC[C@H]1CC/C=C/Cc1c(nc3ccccc3c1OC(=O)CC(C)C)O2)C(=O)NS(=O)(=O)C1CC1. The predicted molar refractivity (Wildman–Crippen MR) is 231 cm³/mol. The lowest BCUT2D eigenvalue weighted by Crippen LogP contribution is -2.47. The number of allylic oxidation sites excluding steroid dienone is 3. The van der Waals surface area contributed by atoms with Crippen molar-refractivity contribution in [2.75, 3.05) is 6.54 Å². The van der Waals surface area contributed by atoms with Gasteiger partial charge in [-0.05, 0) is 106 Å². The molecule has 4 saturated carbocycles. The second kappa shape index (κ2) is 18.3. The molecule has 7 atom stereocenters. The Bertz CT molecular complexity index is 2230. The first-order valence-corrected chi connectivity index (χ1v) is 24.5. The molecule has 5 fully saturated rings. The summed E-state index contributed by atoms with van der Waals surface area (Å²) in [7, 11) is -3.88. The lowest BCUT2D eigenvalue weighted by atomic mass is 9.86. The van der Waals surface area contributed by atoms with E-state index < -0.39 is 62.3 Å². The number of Topliss-reactive ketones (excluding diaryl/α,β-unsaturated/α-hetero) is 1. The number of pyridine rings is 1. The Kier molecular flexibility index (Phi) is 13.0. The highest BCUT2D eigenvalue weighted by Crippen LogP contribution is 2.57. The molecular weight excluding hydrogens is 811 g/mol. The van der Waals surface area contributed by atoms with E-state index in [4.69, 9.17) is 19.2 Å². The van der Waals surface area contributed by atoms with Gasteiger partial charge in [-0.2, -0.15) is 0 Å². The highest BCUT2D eigenvalue weighted by Gasteiger charge is 2.61. The molecule has 4 aliphatic carbocycles. The number of carbonyl (C=O) groups is 5. The van der Waals surface area contributed by atoms with Crippen molar-refractivity contribution in [3.8, 4) is 11.6 Å². The Morgan fingerprint density at radius 3 is 2.48 bits per heavy atom. The number of nitrogens with one attached hydrogen (secondary N) is 1. The van der Waals surface area contributed by atoms with Crippen molar-refractivity contribution in [1.29, 1.82) is 0 Å². The smallest absolute Gasteiger partial charge is 0.311 e. The van der Waals surface area contributed by atoms with Crippen molar-refractivity contribution < 1.29 is 46.6 Å². The van der Waals surface area contributed by atoms with Crippen LogP contribution >= 0.6 is 0 Å². The summed E-state index contributed by atoms with van der Waals surface area (Å²) in [5, 5.41) is 0.0313. The van der Waals surface area contributed by atoms with Crippen molar-refractivity contribution in [2.45, 2.75) is 147 Å². The van der Waals surface area contributed by atoms with E-state index in [1.54, 1.807) is 6.08 Å². The van der Waals surface area contributed by atoms with Crippen molar-refractivity contribution in [2.24, 2.45) is 35.0 Å². The zero-order valence-electron chi connectivity index (χ0n) is 36.1. The van der Waals surface area contributed by atoms with E-state index in [0.29, 0.717) is 41.5 Å². The fraction of sp³-hybridized carbons (Fsp3) is 0.625. The monoisotopic (exact) mass is 871 g/mol. The molecule has 1 aromatic heterocycles. The molecule has 0 spiro atoms. The number of fused-ring (bicyclic) bond motifs is 5. The van der Waals surface area contributed by atoms with Crippen LogP contribution in [0.1, 0.15) is 122 Å². The first-order valence-electron chi connectivity index (χ1n) is 22.9. The number of sulfonamides is 1. The van der Waals surface area contributed by atoms with Crippen LogP contribution in [0.5, 0.6) is 11.6 Å². The number of nitrogens with zero attached hydrogens (tertiary/aromatic N) is 2. The van der Waals surface area contributed by atoms with Crippen LogP contribution in [0.15, 0.2) is 49.1 Å². The van der Waals surface area contributed by atoms with Gasteiger partial charge in [0.2, 0.25) is 27.7 Å². The summed E-state index contributed by atoms with van der Waals surface area (Å²) in [6, 6.07) is 6.35. The summed E-state index contributed by atoms with van der Waals surface area (Å²) in [5.74, 6) is -2.60. The molecule has 334 valence electrons. The summed E-state index contributed by atoms with van der Waals surface area (Å²) < 4.78 is 47.2. The molecule has 1 aromatic carbocycles. The zero-order valence-corrected chi connectivity index (χ0v) is 36.9. The van der Waals surface area contributed by atoms with Gasteiger partial charge >= 0.3 is 11.9 Å². The molecule has 1 N–H and O–H groups in total. The minimum Gasteiger partial charge on any atom is -0.472 e. The lowest BCUT2D eigenvalue weighted by Gasteiger charge is -2.31. The summed E-state index contributed by atoms with van der Waals surface area (Å²) >= 11 is 0. The number of ether oxygens (including phenoxy) is 3. The van der Waals surface area contributed by atoms with Crippen LogP contribution in [-0.4, -0.2) is 77.9 Å². The molecule has 3 heterocycles. The van der Waals surface area contributed by atoms with Crippen LogP contribution in [0.3, 0.4) is 0 Å². The number of hydrogen-bond donors (Lipinski definition) is 1. The Morgan fingerprint density at radius 1 is 1.00 bits per heavy atom. The number of aromatic nitrogens is 1. The fourth-order valence-electron chi connectivity index (χ4n) is 10.5. The topological polar surface area (TPSA) is 175 Å². The second-order valence-electron chi connectivity index (χ2n) is 19.1. The second-order valence-corrected chi connectivity index (χ2v) is 21.1. The highest BCUT2D eigenvalue weighted by atomic mass is 32.2. The number of esters is 2. The summed E-state index contributed by atoms with van der Waals surface area (Å²) in [6.45, 7) is 7.77. The maximum atomic E-state index is 15.1. The molecule has 13 nitrogen and oxygen atoms in total. The quantitative estimate of drug-likeness (QED) is 0.180. The van der Waals surface area contributed by atoms with Gasteiger partial charge in [0.05, 0.1) is 46.7 Å². The molecule has 6 aliphatic rings. The van der Waals surface area contributed by atoms with Crippen LogP contribution in [0, 0.1) is 35.0 Å². The third-order valence-electron chi connectivity index (χ3n) is 14.2. The van der Waals surface area contributed by atoms with E-state index in [0.717, 1.165) is 57.8 Å². The van der Waals surface area contributed by atoms with Gasteiger partial charge in [0.15, 0.2) is 5.78 Å². The van der Waals surface area contributed by atoms with Crippen molar-refractivity contribution in [3.05, 3.63) is 54.6 Å². The van der Waals surface area contributed by atoms with Crippen LogP contribution in [-0.2, 0) is 45.2 Å². The largest absolute Gasteiger partial charge is 0.472 e. The maximum Gasteiger partial charge on any atom is 0.311 e. The molecule has 14 heteroatoms. The van der Waals surface area contributed by atoms with Gasteiger partial charge in [-0.15, -0.1) is 6.58 Å². The van der Waals surface area contributed by atoms with Gasteiger partial charge in [0.1, 0.15) is 18.0 Å². The fourth-order valence-corrected chi connectivity index (χ4v) is 11.9. The Balaban J connectivity index is 1.17.